The molecule has 1 aliphatic heterocycles. The first-order valence-electron chi connectivity index (χ1n) is 10.3. The summed E-state index contributed by atoms with van der Waals surface area (Å²) in [5.74, 6) is 0. The molecule has 150 valence electrons. The van der Waals surface area contributed by atoms with Crippen molar-refractivity contribution in [2.45, 2.75) is 0 Å². The summed E-state index contributed by atoms with van der Waals surface area (Å²) < 4.78 is 8.05. The second kappa shape index (κ2) is 8.78. The van der Waals surface area contributed by atoms with E-state index in [0.717, 1.165) is 8.95 Å². The Labute approximate surface area is 203 Å². The second-order valence-corrected chi connectivity index (χ2v) is 17.3. The van der Waals surface area contributed by atoms with Crippen molar-refractivity contribution in [1.29, 1.82) is 0 Å². The van der Waals surface area contributed by atoms with Crippen LogP contribution in [-0.2, 0) is 0 Å². The third-order valence-electron chi connectivity index (χ3n) is 5.91. The number of hydrogen-bond donors (Lipinski definition) is 0. The molecular weight excluding hydrogens is 569 g/mol. The Hall–Kier alpha value is -2.14. The van der Waals surface area contributed by atoms with Crippen molar-refractivity contribution < 1.29 is 0 Å². The fourth-order valence-corrected chi connectivity index (χ4v) is 16.2. The van der Waals surface area contributed by atoms with E-state index in [4.69, 9.17) is 0 Å². The van der Waals surface area contributed by atoms with E-state index in [2.05, 4.69) is 153 Å². The second-order valence-electron chi connectivity index (χ2n) is 7.66. The molecule has 0 unspecified atom stereocenters. The van der Waals surface area contributed by atoms with Crippen molar-refractivity contribution in [3.8, 4) is 0 Å². The standard InChI is InChI=1S/C28H20Br2Ge/c29-23-11-7-9-21(19-23)27-17-18-28(22-10-8-12-24(30)20-22)31(27,25-13-3-1-4-14-25)26-15-5-2-6-16-26/h1-20H. The molecule has 0 aromatic heterocycles. The first-order chi connectivity index (χ1) is 15.2. The van der Waals surface area contributed by atoms with Crippen LogP contribution in [0.25, 0.3) is 8.81 Å². The fraction of sp³-hybridized carbons (Fsp3) is 0. The topological polar surface area (TPSA) is 0 Å². The molecule has 0 amide bonds. The van der Waals surface area contributed by atoms with Crippen molar-refractivity contribution in [3.05, 3.63) is 141 Å². The predicted molar refractivity (Wildman–Crippen MR) is 142 cm³/mol. The molecule has 0 saturated heterocycles. The van der Waals surface area contributed by atoms with Crippen LogP contribution in [0.3, 0.4) is 0 Å². The molecule has 31 heavy (non-hydrogen) atoms. The van der Waals surface area contributed by atoms with Gasteiger partial charge in [0.05, 0.1) is 0 Å². The predicted octanol–water partition coefficient (Wildman–Crippen LogP) is 7.03. The Balaban J connectivity index is 1.85. The molecule has 5 rings (SSSR count). The molecule has 1 aliphatic rings. The summed E-state index contributed by atoms with van der Waals surface area (Å²) in [6.07, 6.45) is 4.75. The van der Waals surface area contributed by atoms with Gasteiger partial charge in [0.2, 0.25) is 0 Å². The molecule has 0 radical (unpaired) electrons. The third-order valence-corrected chi connectivity index (χ3v) is 17.2. The zero-order chi connectivity index (χ0) is 21.3. The molecular formula is C28H20Br2Ge. The SMILES string of the molecule is Brc1cccc([C]2=CC=[C](c3cccc(Br)c3)[Ge]2([c]2ccccc2)[c]2ccccc2)c1. The van der Waals surface area contributed by atoms with E-state index in [-0.39, 0.29) is 0 Å². The van der Waals surface area contributed by atoms with Crippen LogP contribution < -0.4 is 8.79 Å². The van der Waals surface area contributed by atoms with Gasteiger partial charge in [-0.05, 0) is 0 Å². The molecule has 0 aliphatic carbocycles. The van der Waals surface area contributed by atoms with Crippen LogP contribution in [0.2, 0.25) is 0 Å². The first kappa shape index (κ1) is 20.7. The van der Waals surface area contributed by atoms with Gasteiger partial charge in [-0.15, -0.1) is 0 Å². The molecule has 4 aromatic carbocycles. The Morgan fingerprint density at radius 3 is 1.26 bits per heavy atom. The maximum absolute atomic E-state index is 3.70. The van der Waals surface area contributed by atoms with Gasteiger partial charge in [0.25, 0.3) is 0 Å². The van der Waals surface area contributed by atoms with Gasteiger partial charge in [0, 0.05) is 0 Å². The van der Waals surface area contributed by atoms with Crippen LogP contribution in [0, 0.1) is 0 Å². The van der Waals surface area contributed by atoms with Crippen LogP contribution in [0.1, 0.15) is 11.1 Å². The van der Waals surface area contributed by atoms with Crippen molar-refractivity contribution in [3.63, 3.8) is 0 Å². The van der Waals surface area contributed by atoms with E-state index in [9.17, 15) is 0 Å². The van der Waals surface area contributed by atoms with Gasteiger partial charge in [-0.2, -0.15) is 0 Å². The zero-order valence-electron chi connectivity index (χ0n) is 16.8. The zero-order valence-corrected chi connectivity index (χ0v) is 22.1. The number of rotatable bonds is 4. The average Bonchev–Trinajstić information content (AvgIpc) is 3.22. The van der Waals surface area contributed by atoms with E-state index < -0.39 is 13.3 Å². The molecule has 0 fully saturated rings. The third kappa shape index (κ3) is 3.71. The van der Waals surface area contributed by atoms with Gasteiger partial charge in [-0.1, -0.05) is 0 Å². The monoisotopic (exact) mass is 588 g/mol. The summed E-state index contributed by atoms with van der Waals surface area (Å²) in [7, 11) is 0. The fourth-order valence-electron chi connectivity index (χ4n) is 4.66. The van der Waals surface area contributed by atoms with Crippen LogP contribution in [0.15, 0.2) is 130 Å². The van der Waals surface area contributed by atoms with Crippen molar-refractivity contribution >= 4 is 62.7 Å². The van der Waals surface area contributed by atoms with Gasteiger partial charge >= 0.3 is 204 Å². The summed E-state index contributed by atoms with van der Waals surface area (Å²) >= 11 is 4.18. The quantitative estimate of drug-likeness (QED) is 0.225. The number of hydrogen-bond acceptors (Lipinski definition) is 0. The molecule has 0 bridgehead atoms. The van der Waals surface area contributed by atoms with Crippen LogP contribution in [0.5, 0.6) is 0 Å². The summed E-state index contributed by atoms with van der Waals surface area (Å²) in [5, 5.41) is 0. The van der Waals surface area contributed by atoms with Crippen molar-refractivity contribution in [2.75, 3.05) is 0 Å². The number of benzene rings is 4. The van der Waals surface area contributed by atoms with Crippen molar-refractivity contribution in [2.24, 2.45) is 0 Å². The Morgan fingerprint density at radius 2 is 0.871 bits per heavy atom. The summed E-state index contributed by atoms with van der Waals surface area (Å²) in [6, 6.07) is 39.8. The van der Waals surface area contributed by atoms with Crippen LogP contribution in [-0.4, -0.2) is 13.3 Å². The molecule has 0 nitrogen and oxygen atoms in total. The van der Waals surface area contributed by atoms with Crippen LogP contribution >= 0.6 is 31.9 Å². The van der Waals surface area contributed by atoms with Gasteiger partial charge in [0.1, 0.15) is 0 Å². The first-order valence-corrected chi connectivity index (χ1v) is 16.0. The molecule has 1 heterocycles. The van der Waals surface area contributed by atoms with Gasteiger partial charge < -0.3 is 0 Å². The van der Waals surface area contributed by atoms with E-state index >= 15 is 0 Å². The summed E-state index contributed by atoms with van der Waals surface area (Å²) in [4.78, 5) is 0. The molecule has 0 spiro atoms. The van der Waals surface area contributed by atoms with Crippen LogP contribution in [0.4, 0.5) is 0 Å². The van der Waals surface area contributed by atoms with E-state index in [1.54, 1.807) is 0 Å². The minimum atomic E-state index is -3.22. The summed E-state index contributed by atoms with van der Waals surface area (Å²) in [6.45, 7) is 0. The minimum absolute atomic E-state index is 1.11. The van der Waals surface area contributed by atoms with Gasteiger partial charge in [0.15, 0.2) is 0 Å². The van der Waals surface area contributed by atoms with E-state index in [1.165, 1.54) is 28.7 Å². The molecule has 4 aromatic rings. The Bertz CT molecular complexity index is 1190. The Kier molecular flexibility index (Phi) is 5.87. The molecule has 0 atom stereocenters. The molecule has 3 heteroatoms. The number of halogens is 2. The maximum atomic E-state index is 3.70. The summed E-state index contributed by atoms with van der Waals surface area (Å²) in [5.41, 5.74) is 2.59. The normalized spacial score (nSPS) is 14.8. The number of allylic oxidation sites excluding steroid dienone is 2. The van der Waals surface area contributed by atoms with Crippen molar-refractivity contribution in [1.82, 2.24) is 0 Å². The van der Waals surface area contributed by atoms with Gasteiger partial charge in [-0.3, -0.25) is 0 Å². The Morgan fingerprint density at radius 1 is 0.452 bits per heavy atom. The van der Waals surface area contributed by atoms with Gasteiger partial charge in [-0.25, -0.2) is 0 Å². The molecule has 0 saturated carbocycles. The average molecular weight is 589 g/mol. The van der Waals surface area contributed by atoms with E-state index in [1.807, 2.05) is 0 Å². The molecule has 0 N–H and O–H groups in total. The van der Waals surface area contributed by atoms with E-state index in [0.29, 0.717) is 0 Å².